The van der Waals surface area contributed by atoms with Crippen LogP contribution >= 0.6 is 0 Å². The number of nitrogens with zero attached hydrogens (tertiary/aromatic N) is 1. The van der Waals surface area contributed by atoms with Gasteiger partial charge in [0.15, 0.2) is 0 Å². The van der Waals surface area contributed by atoms with E-state index in [0.717, 1.165) is 12.8 Å². The van der Waals surface area contributed by atoms with E-state index in [1.807, 2.05) is 4.90 Å². The monoisotopic (exact) mass is 263 g/mol. The van der Waals surface area contributed by atoms with E-state index in [4.69, 9.17) is 16.6 Å². The topological polar surface area (TPSA) is 110 Å². The summed E-state index contributed by atoms with van der Waals surface area (Å²) in [5.74, 6) is -1.42. The van der Waals surface area contributed by atoms with Gasteiger partial charge < -0.3 is 21.5 Å². The fourth-order valence-corrected chi connectivity index (χ4v) is 2.44. The van der Waals surface area contributed by atoms with E-state index in [1.54, 1.807) is 6.07 Å². The zero-order chi connectivity index (χ0) is 14.0. The lowest BCUT2D eigenvalue weighted by atomic mass is 9.99. The van der Waals surface area contributed by atoms with Crippen LogP contribution in [-0.2, 0) is 4.79 Å². The summed E-state index contributed by atoms with van der Waals surface area (Å²) in [5, 5.41) is 9.02. The number of anilines is 2. The van der Waals surface area contributed by atoms with E-state index in [2.05, 4.69) is 0 Å². The quantitative estimate of drug-likeness (QED) is 0.699. The molecule has 1 amide bonds. The average Bonchev–Trinajstić information content (AvgIpc) is 2.39. The maximum Gasteiger partial charge on any atom is 0.335 e. The lowest BCUT2D eigenvalue weighted by Gasteiger charge is -2.36. The van der Waals surface area contributed by atoms with Gasteiger partial charge in [0.25, 0.3) is 0 Å². The van der Waals surface area contributed by atoms with E-state index < -0.39 is 17.9 Å². The third-order valence-corrected chi connectivity index (χ3v) is 3.42. The van der Waals surface area contributed by atoms with Gasteiger partial charge in [0, 0.05) is 6.54 Å². The summed E-state index contributed by atoms with van der Waals surface area (Å²) >= 11 is 0. The highest BCUT2D eigenvalue weighted by molar-refractivity contribution is 5.92. The standard InChI is InChI=1S/C13H17N3O3/c14-9-5-4-8(13(18)19)7-11(9)16-6-2-1-3-10(16)12(15)17/h4-5,7,10H,1-3,6,14H2,(H2,15,17)(H,18,19). The smallest absolute Gasteiger partial charge is 0.335 e. The molecule has 0 aromatic heterocycles. The highest BCUT2D eigenvalue weighted by Gasteiger charge is 2.28. The molecule has 1 saturated heterocycles. The number of carbonyl (C=O) groups is 2. The van der Waals surface area contributed by atoms with Crippen LogP contribution in [0.5, 0.6) is 0 Å². The van der Waals surface area contributed by atoms with Gasteiger partial charge in [-0.1, -0.05) is 0 Å². The number of primary amides is 1. The third kappa shape index (κ3) is 2.62. The molecule has 1 aromatic rings. The Hall–Kier alpha value is -2.24. The summed E-state index contributed by atoms with van der Waals surface area (Å²) in [4.78, 5) is 24.3. The Balaban J connectivity index is 2.40. The molecule has 5 N–H and O–H groups in total. The SMILES string of the molecule is NC(=O)C1CCCCN1c1cc(C(=O)O)ccc1N. The predicted molar refractivity (Wildman–Crippen MR) is 72.0 cm³/mol. The van der Waals surface area contributed by atoms with Crippen LogP contribution in [0, 0.1) is 0 Å². The largest absolute Gasteiger partial charge is 0.478 e. The van der Waals surface area contributed by atoms with E-state index in [1.165, 1.54) is 12.1 Å². The first-order valence-electron chi connectivity index (χ1n) is 6.19. The van der Waals surface area contributed by atoms with Gasteiger partial charge in [-0.25, -0.2) is 4.79 Å². The van der Waals surface area contributed by atoms with Crippen molar-refractivity contribution in [2.45, 2.75) is 25.3 Å². The van der Waals surface area contributed by atoms with Crippen LogP contribution in [-0.4, -0.2) is 29.6 Å². The summed E-state index contributed by atoms with van der Waals surface area (Å²) in [5.41, 5.74) is 12.5. The minimum Gasteiger partial charge on any atom is -0.478 e. The van der Waals surface area contributed by atoms with Crippen molar-refractivity contribution in [3.05, 3.63) is 23.8 Å². The molecule has 0 aliphatic carbocycles. The Labute approximate surface area is 111 Å². The second kappa shape index (κ2) is 5.17. The van der Waals surface area contributed by atoms with E-state index in [0.29, 0.717) is 24.3 Å². The molecule has 1 atom stereocenters. The molecular weight excluding hydrogens is 246 g/mol. The second-order valence-electron chi connectivity index (χ2n) is 4.69. The van der Waals surface area contributed by atoms with Crippen LogP contribution in [0.1, 0.15) is 29.6 Å². The first-order chi connectivity index (χ1) is 9.00. The van der Waals surface area contributed by atoms with Crippen molar-refractivity contribution < 1.29 is 14.7 Å². The second-order valence-corrected chi connectivity index (χ2v) is 4.69. The molecule has 2 rings (SSSR count). The molecule has 6 nitrogen and oxygen atoms in total. The van der Waals surface area contributed by atoms with Crippen molar-refractivity contribution in [1.29, 1.82) is 0 Å². The van der Waals surface area contributed by atoms with Crippen molar-refractivity contribution in [2.24, 2.45) is 5.73 Å². The van der Waals surface area contributed by atoms with E-state index in [-0.39, 0.29) is 5.56 Å². The lowest BCUT2D eigenvalue weighted by Crippen LogP contribution is -2.48. The number of piperidine rings is 1. The van der Waals surface area contributed by atoms with Crippen molar-refractivity contribution in [3.8, 4) is 0 Å². The fourth-order valence-electron chi connectivity index (χ4n) is 2.44. The number of amides is 1. The van der Waals surface area contributed by atoms with Crippen molar-refractivity contribution in [1.82, 2.24) is 0 Å². The summed E-state index contributed by atoms with van der Waals surface area (Å²) < 4.78 is 0. The van der Waals surface area contributed by atoms with Crippen molar-refractivity contribution >= 4 is 23.3 Å². The summed E-state index contributed by atoms with van der Waals surface area (Å²) in [6.07, 6.45) is 2.54. The van der Waals surface area contributed by atoms with Crippen molar-refractivity contribution in [2.75, 3.05) is 17.2 Å². The number of aromatic carboxylic acids is 1. The van der Waals surface area contributed by atoms with Gasteiger partial charge in [-0.15, -0.1) is 0 Å². The van der Waals surface area contributed by atoms with E-state index in [9.17, 15) is 9.59 Å². The van der Waals surface area contributed by atoms with Gasteiger partial charge in [0.1, 0.15) is 6.04 Å². The van der Waals surface area contributed by atoms with Crippen LogP contribution in [0.25, 0.3) is 0 Å². The molecule has 0 saturated carbocycles. The predicted octanol–water partition coefficient (Wildman–Crippen LogP) is 0.811. The van der Waals surface area contributed by atoms with Gasteiger partial charge in [0.05, 0.1) is 16.9 Å². The van der Waals surface area contributed by atoms with Gasteiger partial charge >= 0.3 is 5.97 Å². The van der Waals surface area contributed by atoms with Gasteiger partial charge in [0.2, 0.25) is 5.91 Å². The first kappa shape index (κ1) is 13.2. The minimum atomic E-state index is -1.02. The number of benzene rings is 1. The zero-order valence-electron chi connectivity index (χ0n) is 10.5. The molecule has 102 valence electrons. The van der Waals surface area contributed by atoms with Crippen LogP contribution < -0.4 is 16.4 Å². The van der Waals surface area contributed by atoms with Crippen LogP contribution in [0.3, 0.4) is 0 Å². The summed E-state index contributed by atoms with van der Waals surface area (Å²) in [6.45, 7) is 0.654. The Morgan fingerprint density at radius 3 is 2.68 bits per heavy atom. The molecule has 0 radical (unpaired) electrons. The Morgan fingerprint density at radius 1 is 1.32 bits per heavy atom. The van der Waals surface area contributed by atoms with E-state index >= 15 is 0 Å². The number of carbonyl (C=O) groups excluding carboxylic acids is 1. The molecule has 1 aromatic carbocycles. The Morgan fingerprint density at radius 2 is 2.05 bits per heavy atom. The molecule has 0 bridgehead atoms. The molecular formula is C13H17N3O3. The summed E-state index contributed by atoms with van der Waals surface area (Å²) in [6, 6.07) is 4.08. The van der Waals surface area contributed by atoms with Crippen molar-refractivity contribution in [3.63, 3.8) is 0 Å². The highest BCUT2D eigenvalue weighted by Crippen LogP contribution is 2.30. The number of hydrogen-bond donors (Lipinski definition) is 3. The number of hydrogen-bond acceptors (Lipinski definition) is 4. The normalized spacial score (nSPS) is 19.2. The third-order valence-electron chi connectivity index (χ3n) is 3.42. The van der Waals surface area contributed by atoms with Gasteiger partial charge in [-0.05, 0) is 37.5 Å². The molecule has 6 heteroatoms. The summed E-state index contributed by atoms with van der Waals surface area (Å²) in [7, 11) is 0. The lowest BCUT2D eigenvalue weighted by molar-refractivity contribution is -0.119. The number of carboxylic acid groups (broad SMARTS) is 1. The Bertz CT molecular complexity index is 516. The van der Waals surface area contributed by atoms with Gasteiger partial charge in [-0.3, -0.25) is 4.79 Å². The maximum absolute atomic E-state index is 11.5. The van der Waals surface area contributed by atoms with Crippen LogP contribution in [0.15, 0.2) is 18.2 Å². The maximum atomic E-state index is 11.5. The number of carboxylic acids is 1. The Kier molecular flexibility index (Phi) is 3.59. The molecule has 19 heavy (non-hydrogen) atoms. The number of nitrogen functional groups attached to an aromatic ring is 1. The number of nitrogens with two attached hydrogens (primary N) is 2. The molecule has 1 heterocycles. The average molecular weight is 263 g/mol. The number of rotatable bonds is 3. The molecule has 0 spiro atoms. The van der Waals surface area contributed by atoms with Gasteiger partial charge in [-0.2, -0.15) is 0 Å². The fraction of sp³-hybridized carbons (Fsp3) is 0.385. The molecule has 1 aliphatic heterocycles. The first-order valence-corrected chi connectivity index (χ1v) is 6.19. The highest BCUT2D eigenvalue weighted by atomic mass is 16.4. The molecule has 1 fully saturated rings. The minimum absolute atomic E-state index is 0.151. The molecule has 1 aliphatic rings. The molecule has 1 unspecified atom stereocenters. The zero-order valence-corrected chi connectivity index (χ0v) is 10.5. The van der Waals surface area contributed by atoms with Crippen LogP contribution in [0.4, 0.5) is 11.4 Å². The van der Waals surface area contributed by atoms with Crippen LogP contribution in [0.2, 0.25) is 0 Å².